The minimum Gasteiger partial charge on any atom is -0.478 e. The SMILES string of the molecule is CSc1ccc(C(=O)/C=C/c2ccc(OC(C)(C)C(=O)O)c(C(F)(F)F)c2)cc1. The third-order valence-corrected chi connectivity index (χ3v) is 4.73. The predicted octanol–water partition coefficient (Wildman–Crippen LogP) is 5.57. The van der Waals surface area contributed by atoms with Gasteiger partial charge in [-0.25, -0.2) is 4.79 Å². The van der Waals surface area contributed by atoms with Gasteiger partial charge < -0.3 is 9.84 Å². The van der Waals surface area contributed by atoms with Crippen LogP contribution in [0.15, 0.2) is 53.4 Å². The molecule has 0 spiro atoms. The van der Waals surface area contributed by atoms with Crippen molar-refractivity contribution in [1.29, 1.82) is 0 Å². The highest BCUT2D eigenvalue weighted by Crippen LogP contribution is 2.38. The highest BCUT2D eigenvalue weighted by atomic mass is 32.2. The van der Waals surface area contributed by atoms with Crippen molar-refractivity contribution in [2.24, 2.45) is 0 Å². The van der Waals surface area contributed by atoms with E-state index in [1.807, 2.05) is 6.26 Å². The number of aliphatic carboxylic acids is 1. The molecule has 0 atom stereocenters. The molecule has 0 aromatic heterocycles. The van der Waals surface area contributed by atoms with Crippen molar-refractivity contribution in [2.45, 2.75) is 30.5 Å². The number of halogens is 3. The molecule has 0 radical (unpaired) electrons. The van der Waals surface area contributed by atoms with Crippen LogP contribution in [0.4, 0.5) is 13.2 Å². The Labute approximate surface area is 170 Å². The number of carbonyl (C=O) groups excluding carboxylic acids is 1. The Kier molecular flexibility index (Phi) is 6.79. The number of carboxylic acids is 1. The van der Waals surface area contributed by atoms with E-state index in [9.17, 15) is 22.8 Å². The highest BCUT2D eigenvalue weighted by Gasteiger charge is 2.38. The molecule has 0 amide bonds. The first kappa shape index (κ1) is 22.5. The molecule has 0 aliphatic carbocycles. The number of alkyl halides is 3. The molecule has 8 heteroatoms. The first-order valence-electron chi connectivity index (χ1n) is 8.44. The van der Waals surface area contributed by atoms with Gasteiger partial charge in [-0.3, -0.25) is 4.79 Å². The van der Waals surface area contributed by atoms with Crippen molar-refractivity contribution in [3.63, 3.8) is 0 Å². The van der Waals surface area contributed by atoms with Crippen LogP contribution >= 0.6 is 11.8 Å². The van der Waals surface area contributed by atoms with Gasteiger partial charge in [0.05, 0.1) is 5.56 Å². The van der Waals surface area contributed by atoms with Gasteiger partial charge in [0.1, 0.15) is 5.75 Å². The van der Waals surface area contributed by atoms with Crippen LogP contribution in [-0.2, 0) is 11.0 Å². The van der Waals surface area contributed by atoms with E-state index in [0.717, 1.165) is 30.9 Å². The Morgan fingerprint density at radius 2 is 1.69 bits per heavy atom. The number of allylic oxidation sites excluding steroid dienone is 1. The number of thioether (sulfide) groups is 1. The molecule has 2 rings (SSSR count). The Hall–Kier alpha value is -2.74. The fraction of sp³-hybridized carbons (Fsp3) is 0.238. The highest BCUT2D eigenvalue weighted by molar-refractivity contribution is 7.98. The number of carbonyl (C=O) groups is 2. The van der Waals surface area contributed by atoms with Crippen LogP contribution in [0.5, 0.6) is 5.75 Å². The summed E-state index contributed by atoms with van der Waals surface area (Å²) < 4.78 is 45.3. The van der Waals surface area contributed by atoms with Gasteiger partial charge in [0.15, 0.2) is 11.4 Å². The maximum absolute atomic E-state index is 13.4. The van der Waals surface area contributed by atoms with E-state index in [2.05, 4.69) is 0 Å². The van der Waals surface area contributed by atoms with Crippen molar-refractivity contribution in [2.75, 3.05) is 6.26 Å². The number of rotatable bonds is 7. The molecule has 0 aliphatic heterocycles. The lowest BCUT2D eigenvalue weighted by molar-refractivity contribution is -0.155. The standard InChI is InChI=1S/C21H19F3O4S/c1-20(2,19(26)27)28-18-11-5-13(12-16(18)21(22,23)24)4-10-17(25)14-6-8-15(29-3)9-7-14/h4-12H,1-3H3,(H,26,27)/b10-4+. The van der Waals surface area contributed by atoms with E-state index in [4.69, 9.17) is 9.84 Å². The summed E-state index contributed by atoms with van der Waals surface area (Å²) in [5.74, 6) is -2.34. The summed E-state index contributed by atoms with van der Waals surface area (Å²) in [6.45, 7) is 2.31. The molecular weight excluding hydrogens is 405 g/mol. The second kappa shape index (κ2) is 8.73. The lowest BCUT2D eigenvalue weighted by Gasteiger charge is -2.24. The van der Waals surface area contributed by atoms with Gasteiger partial charge in [0.25, 0.3) is 0 Å². The zero-order chi connectivity index (χ0) is 21.8. The molecule has 0 saturated carbocycles. The van der Waals surface area contributed by atoms with Crippen LogP contribution in [0.2, 0.25) is 0 Å². The largest absolute Gasteiger partial charge is 0.478 e. The molecule has 0 bridgehead atoms. The Balaban J connectivity index is 2.30. The summed E-state index contributed by atoms with van der Waals surface area (Å²) in [6, 6.07) is 10.0. The van der Waals surface area contributed by atoms with Crippen LogP contribution in [0.3, 0.4) is 0 Å². The lowest BCUT2D eigenvalue weighted by atomic mass is 10.1. The molecule has 154 valence electrons. The van der Waals surface area contributed by atoms with Gasteiger partial charge >= 0.3 is 12.1 Å². The van der Waals surface area contributed by atoms with Gasteiger partial charge in [0.2, 0.25) is 0 Å². The number of carboxylic acid groups (broad SMARTS) is 1. The zero-order valence-electron chi connectivity index (χ0n) is 15.9. The van der Waals surface area contributed by atoms with Crippen LogP contribution < -0.4 is 4.74 Å². The summed E-state index contributed by atoms with van der Waals surface area (Å²) in [7, 11) is 0. The van der Waals surface area contributed by atoms with Crippen LogP contribution in [0.25, 0.3) is 6.08 Å². The van der Waals surface area contributed by atoms with E-state index in [-0.39, 0.29) is 11.3 Å². The molecule has 0 heterocycles. The monoisotopic (exact) mass is 424 g/mol. The fourth-order valence-corrected chi connectivity index (χ4v) is 2.71. The Morgan fingerprint density at radius 1 is 1.07 bits per heavy atom. The smallest absolute Gasteiger partial charge is 0.419 e. The number of hydrogen-bond acceptors (Lipinski definition) is 4. The average molecular weight is 424 g/mol. The van der Waals surface area contributed by atoms with Crippen molar-refractivity contribution in [3.8, 4) is 5.75 Å². The van der Waals surface area contributed by atoms with Crippen molar-refractivity contribution < 1.29 is 32.6 Å². The third kappa shape index (κ3) is 5.87. The molecule has 2 aromatic carbocycles. The van der Waals surface area contributed by atoms with Crippen molar-refractivity contribution in [3.05, 3.63) is 65.2 Å². The van der Waals surface area contributed by atoms with Crippen LogP contribution in [0.1, 0.15) is 35.3 Å². The molecule has 2 aromatic rings. The number of benzene rings is 2. The molecule has 0 fully saturated rings. The van der Waals surface area contributed by atoms with Gasteiger partial charge in [-0.2, -0.15) is 13.2 Å². The first-order valence-corrected chi connectivity index (χ1v) is 9.66. The maximum Gasteiger partial charge on any atom is 0.419 e. The van der Waals surface area contributed by atoms with Crippen molar-refractivity contribution >= 4 is 29.6 Å². The minimum absolute atomic E-state index is 0.131. The molecule has 1 N–H and O–H groups in total. The van der Waals surface area contributed by atoms with Gasteiger partial charge in [-0.15, -0.1) is 11.8 Å². The quantitative estimate of drug-likeness (QED) is 0.358. The van der Waals surface area contributed by atoms with E-state index in [1.165, 1.54) is 30.0 Å². The Morgan fingerprint density at radius 3 is 2.21 bits per heavy atom. The molecular formula is C21H19F3O4S. The summed E-state index contributed by atoms with van der Waals surface area (Å²) in [5, 5.41) is 9.08. The number of hydrogen-bond donors (Lipinski definition) is 1. The average Bonchev–Trinajstić information content (AvgIpc) is 2.65. The van der Waals surface area contributed by atoms with E-state index >= 15 is 0 Å². The predicted molar refractivity (Wildman–Crippen MR) is 105 cm³/mol. The summed E-state index contributed by atoms with van der Waals surface area (Å²) in [4.78, 5) is 24.4. The van der Waals surface area contributed by atoms with Crippen LogP contribution in [-0.4, -0.2) is 28.7 Å². The van der Waals surface area contributed by atoms with E-state index < -0.39 is 29.1 Å². The van der Waals surface area contributed by atoms with Crippen molar-refractivity contribution in [1.82, 2.24) is 0 Å². The second-order valence-corrected chi connectivity index (χ2v) is 7.48. The third-order valence-electron chi connectivity index (χ3n) is 3.99. The van der Waals surface area contributed by atoms with Gasteiger partial charge in [-0.1, -0.05) is 12.1 Å². The van der Waals surface area contributed by atoms with E-state index in [1.54, 1.807) is 24.3 Å². The van der Waals surface area contributed by atoms with Gasteiger partial charge in [-0.05, 0) is 68.1 Å². The molecule has 0 aliphatic rings. The van der Waals surface area contributed by atoms with Crippen LogP contribution in [0, 0.1) is 0 Å². The molecule has 0 saturated heterocycles. The normalized spacial score (nSPS) is 12.2. The number of ketones is 1. The van der Waals surface area contributed by atoms with Gasteiger partial charge in [0, 0.05) is 10.5 Å². The minimum atomic E-state index is -4.76. The zero-order valence-corrected chi connectivity index (χ0v) is 16.7. The fourth-order valence-electron chi connectivity index (χ4n) is 2.30. The van der Waals surface area contributed by atoms with E-state index in [0.29, 0.717) is 5.56 Å². The Bertz CT molecular complexity index is 932. The summed E-state index contributed by atoms with van der Waals surface area (Å²) >= 11 is 1.53. The second-order valence-electron chi connectivity index (χ2n) is 6.60. The number of ether oxygens (including phenoxy) is 1. The maximum atomic E-state index is 13.4. The summed E-state index contributed by atoms with van der Waals surface area (Å²) in [6.07, 6.45) is -0.400. The molecule has 0 unspecified atom stereocenters. The molecule has 4 nitrogen and oxygen atoms in total. The summed E-state index contributed by atoms with van der Waals surface area (Å²) in [5.41, 5.74) is -2.41. The molecule has 29 heavy (non-hydrogen) atoms. The first-order chi connectivity index (χ1) is 13.4. The lowest BCUT2D eigenvalue weighted by Crippen LogP contribution is -2.38. The topological polar surface area (TPSA) is 63.6 Å².